The maximum atomic E-state index is 13.1. The molecule has 3 heterocycles. The molecule has 8 heteroatoms. The van der Waals surface area contributed by atoms with E-state index in [4.69, 9.17) is 4.74 Å². The summed E-state index contributed by atoms with van der Waals surface area (Å²) in [7, 11) is 0. The van der Waals surface area contributed by atoms with Gasteiger partial charge in [-0.05, 0) is 42.2 Å². The molecule has 2 saturated heterocycles. The van der Waals surface area contributed by atoms with E-state index in [1.54, 1.807) is 18.3 Å². The minimum atomic E-state index is -0.372. The molecule has 1 aromatic rings. The van der Waals surface area contributed by atoms with Crippen LogP contribution in [-0.4, -0.2) is 60.5 Å². The number of amides is 3. The molecule has 1 aromatic heterocycles. The van der Waals surface area contributed by atoms with E-state index in [0.717, 1.165) is 6.42 Å². The summed E-state index contributed by atoms with van der Waals surface area (Å²) in [5, 5.41) is 2.87. The number of hydrogen-bond acceptors (Lipinski definition) is 6. The number of aromatic nitrogens is 1. The molecule has 2 saturated carbocycles. The van der Waals surface area contributed by atoms with Crippen molar-refractivity contribution >= 4 is 29.2 Å². The Balaban J connectivity index is 1.18. The average molecular weight is 408 g/mol. The smallest absolute Gasteiger partial charge is 0.244 e. The fraction of sp³-hybridized carbons (Fsp3) is 0.545. The molecular formula is C22H24N4O4. The Morgan fingerprint density at radius 1 is 1.10 bits per heavy atom. The number of ether oxygens (including phenoxy) is 1. The highest BCUT2D eigenvalue weighted by Gasteiger charge is 2.67. The van der Waals surface area contributed by atoms with E-state index in [0.29, 0.717) is 49.6 Å². The van der Waals surface area contributed by atoms with Crippen LogP contribution in [0.1, 0.15) is 6.42 Å². The highest BCUT2D eigenvalue weighted by atomic mass is 16.5. The lowest BCUT2D eigenvalue weighted by atomic mass is 9.63. The van der Waals surface area contributed by atoms with E-state index in [1.807, 2.05) is 0 Å². The molecule has 156 valence electrons. The van der Waals surface area contributed by atoms with Crippen molar-refractivity contribution < 1.29 is 19.1 Å². The summed E-state index contributed by atoms with van der Waals surface area (Å²) in [4.78, 5) is 46.6. The quantitative estimate of drug-likeness (QED) is 0.588. The van der Waals surface area contributed by atoms with Gasteiger partial charge in [0, 0.05) is 19.3 Å². The minimum absolute atomic E-state index is 0.167. The number of nitrogens with one attached hydrogen (secondary N) is 1. The first-order valence-corrected chi connectivity index (χ1v) is 10.7. The Bertz CT molecular complexity index is 920. The van der Waals surface area contributed by atoms with Crippen molar-refractivity contribution in [3.8, 4) is 0 Å². The lowest BCUT2D eigenvalue weighted by Gasteiger charge is -2.37. The van der Waals surface area contributed by atoms with E-state index in [1.165, 1.54) is 4.90 Å². The van der Waals surface area contributed by atoms with Crippen molar-refractivity contribution in [2.24, 2.45) is 35.5 Å². The van der Waals surface area contributed by atoms with Gasteiger partial charge in [0.15, 0.2) is 5.82 Å². The summed E-state index contributed by atoms with van der Waals surface area (Å²) in [5.74, 6) is 0.858. The lowest BCUT2D eigenvalue weighted by molar-refractivity contribution is -0.142. The van der Waals surface area contributed by atoms with Crippen molar-refractivity contribution in [3.63, 3.8) is 0 Å². The number of nitrogens with zero attached hydrogens (tertiary/aromatic N) is 3. The number of anilines is 2. The first kappa shape index (κ1) is 18.1. The molecule has 0 spiro atoms. The van der Waals surface area contributed by atoms with E-state index in [-0.39, 0.29) is 47.9 Å². The molecule has 1 N–H and O–H groups in total. The fourth-order valence-electron chi connectivity index (χ4n) is 6.03. The Kier molecular flexibility index (Phi) is 3.99. The number of rotatable bonds is 4. The maximum absolute atomic E-state index is 13.1. The normalized spacial score (nSPS) is 36.0. The third kappa shape index (κ3) is 2.62. The molecule has 2 aliphatic heterocycles. The van der Waals surface area contributed by atoms with Gasteiger partial charge in [0.25, 0.3) is 0 Å². The first-order chi connectivity index (χ1) is 14.6. The zero-order valence-corrected chi connectivity index (χ0v) is 16.6. The summed E-state index contributed by atoms with van der Waals surface area (Å²) >= 11 is 0. The predicted octanol–water partition coefficient (Wildman–Crippen LogP) is 0.910. The van der Waals surface area contributed by atoms with Gasteiger partial charge in [-0.3, -0.25) is 19.3 Å². The van der Waals surface area contributed by atoms with Gasteiger partial charge >= 0.3 is 0 Å². The zero-order chi connectivity index (χ0) is 20.4. The van der Waals surface area contributed by atoms with Gasteiger partial charge in [0.05, 0.1) is 30.7 Å². The van der Waals surface area contributed by atoms with Crippen LogP contribution >= 0.6 is 0 Å². The monoisotopic (exact) mass is 408 g/mol. The van der Waals surface area contributed by atoms with Crippen molar-refractivity contribution in [1.29, 1.82) is 0 Å². The molecule has 6 unspecified atom stereocenters. The average Bonchev–Trinajstić information content (AvgIpc) is 3.56. The third-order valence-corrected chi connectivity index (χ3v) is 7.43. The number of carbonyl (C=O) groups is 3. The maximum Gasteiger partial charge on any atom is 0.244 e. The highest BCUT2D eigenvalue weighted by molar-refractivity contribution is 6.09. The van der Waals surface area contributed by atoms with Crippen LogP contribution in [0.4, 0.5) is 11.5 Å². The number of morpholine rings is 1. The molecule has 0 aromatic carbocycles. The standard InChI is InChI=1S/C22H24N4O4/c27-17(24-16-2-1-5-23-20(16)25-6-8-30-9-7-25)11-26-21(28)18-12-3-4-13(15-10-14(12)15)19(18)22(26)29/h1-5,12-15,18-19H,6-11H2,(H,24,27). The Morgan fingerprint density at radius 2 is 1.77 bits per heavy atom. The first-order valence-electron chi connectivity index (χ1n) is 10.7. The molecule has 4 aliphatic carbocycles. The second-order valence-electron chi connectivity index (χ2n) is 8.94. The molecule has 7 rings (SSSR count). The molecule has 4 fully saturated rings. The van der Waals surface area contributed by atoms with E-state index in [9.17, 15) is 14.4 Å². The molecular weight excluding hydrogens is 384 g/mol. The number of hydrogen-bond donors (Lipinski definition) is 1. The van der Waals surface area contributed by atoms with E-state index in [2.05, 4.69) is 27.4 Å². The number of allylic oxidation sites excluding steroid dienone is 2. The number of imide groups is 1. The molecule has 2 bridgehead atoms. The van der Waals surface area contributed by atoms with E-state index < -0.39 is 0 Å². The van der Waals surface area contributed by atoms with Crippen LogP contribution in [0, 0.1) is 35.5 Å². The molecule has 3 amide bonds. The summed E-state index contributed by atoms with van der Waals surface area (Å²) in [6, 6.07) is 3.55. The Morgan fingerprint density at radius 3 is 2.43 bits per heavy atom. The Labute approximate surface area is 174 Å². The minimum Gasteiger partial charge on any atom is -0.378 e. The fourth-order valence-corrected chi connectivity index (χ4v) is 6.03. The molecule has 6 atom stereocenters. The van der Waals surface area contributed by atoms with Crippen molar-refractivity contribution in [2.75, 3.05) is 43.1 Å². The van der Waals surface area contributed by atoms with Gasteiger partial charge in [-0.2, -0.15) is 0 Å². The molecule has 30 heavy (non-hydrogen) atoms. The number of likely N-dealkylation sites (tertiary alicyclic amines) is 1. The summed E-state index contributed by atoms with van der Waals surface area (Å²) in [5.41, 5.74) is 0.587. The van der Waals surface area contributed by atoms with E-state index >= 15 is 0 Å². The predicted molar refractivity (Wildman–Crippen MR) is 107 cm³/mol. The largest absolute Gasteiger partial charge is 0.378 e. The topological polar surface area (TPSA) is 91.8 Å². The second kappa shape index (κ2) is 6.63. The van der Waals surface area contributed by atoms with Gasteiger partial charge in [-0.15, -0.1) is 0 Å². The lowest BCUT2D eigenvalue weighted by Crippen LogP contribution is -2.40. The van der Waals surface area contributed by atoms with Crippen molar-refractivity contribution in [3.05, 3.63) is 30.5 Å². The van der Waals surface area contributed by atoms with Gasteiger partial charge in [-0.25, -0.2) is 4.98 Å². The summed E-state index contributed by atoms with van der Waals surface area (Å²) < 4.78 is 5.39. The van der Waals surface area contributed by atoms with Gasteiger partial charge in [-0.1, -0.05) is 12.2 Å². The van der Waals surface area contributed by atoms with Crippen LogP contribution in [-0.2, 0) is 19.1 Å². The van der Waals surface area contributed by atoms with Gasteiger partial charge in [0.2, 0.25) is 17.7 Å². The third-order valence-electron chi connectivity index (χ3n) is 7.43. The van der Waals surface area contributed by atoms with Gasteiger partial charge < -0.3 is 15.0 Å². The van der Waals surface area contributed by atoms with Crippen molar-refractivity contribution in [1.82, 2.24) is 9.88 Å². The van der Waals surface area contributed by atoms with Crippen molar-refractivity contribution in [2.45, 2.75) is 6.42 Å². The summed E-state index contributed by atoms with van der Waals surface area (Å²) in [6.07, 6.45) is 7.09. The van der Waals surface area contributed by atoms with Crippen LogP contribution in [0.2, 0.25) is 0 Å². The van der Waals surface area contributed by atoms with Crippen LogP contribution in [0.3, 0.4) is 0 Å². The van der Waals surface area contributed by atoms with Gasteiger partial charge in [0.1, 0.15) is 6.54 Å². The van der Waals surface area contributed by atoms with Crippen LogP contribution in [0.15, 0.2) is 30.5 Å². The SMILES string of the molecule is O=C(CN1C(=O)C2C3C=CC(C4CC34)C2C1=O)Nc1cccnc1N1CCOCC1. The number of pyridine rings is 1. The van der Waals surface area contributed by atoms with Crippen LogP contribution < -0.4 is 10.2 Å². The molecule has 0 radical (unpaired) electrons. The Hall–Kier alpha value is -2.74. The highest BCUT2D eigenvalue weighted by Crippen LogP contribution is 2.65. The second-order valence-corrected chi connectivity index (χ2v) is 8.94. The summed E-state index contributed by atoms with van der Waals surface area (Å²) in [6.45, 7) is 2.38. The molecule has 6 aliphatic rings. The van der Waals surface area contributed by atoms with Crippen LogP contribution in [0.25, 0.3) is 0 Å². The number of carbonyl (C=O) groups excluding carboxylic acids is 3. The zero-order valence-electron chi connectivity index (χ0n) is 16.6. The van der Waals surface area contributed by atoms with Crippen LogP contribution in [0.5, 0.6) is 0 Å². The molecule has 8 nitrogen and oxygen atoms in total.